The zero-order valence-electron chi connectivity index (χ0n) is 12.9. The van der Waals surface area contributed by atoms with Gasteiger partial charge in [0.25, 0.3) is 5.56 Å². The molecule has 116 valence electrons. The van der Waals surface area contributed by atoms with E-state index in [4.69, 9.17) is 9.57 Å². The fraction of sp³-hybridized carbons (Fsp3) is 0.250. The number of H-pyrrole nitrogens is 1. The number of aryl methyl sites for hydroxylation is 3. The van der Waals surface area contributed by atoms with E-state index in [1.54, 1.807) is 6.92 Å². The topological polar surface area (TPSA) is 63.7 Å². The van der Waals surface area contributed by atoms with Crippen LogP contribution in [0.25, 0.3) is 0 Å². The summed E-state index contributed by atoms with van der Waals surface area (Å²) in [7, 11) is 1.47. The van der Waals surface area contributed by atoms with Crippen LogP contribution in [-0.4, -0.2) is 18.3 Å². The molecule has 6 heteroatoms. The summed E-state index contributed by atoms with van der Waals surface area (Å²) >= 11 is 1.97. The van der Waals surface area contributed by atoms with Gasteiger partial charge in [-0.25, -0.2) is 0 Å². The van der Waals surface area contributed by atoms with E-state index >= 15 is 0 Å². The third-order valence-electron chi connectivity index (χ3n) is 3.05. The van der Waals surface area contributed by atoms with E-state index in [-0.39, 0.29) is 5.56 Å². The molecular formula is C16H17IN2O3. The van der Waals surface area contributed by atoms with Crippen molar-refractivity contribution < 1.29 is 9.57 Å². The van der Waals surface area contributed by atoms with Crippen LogP contribution in [-0.2, 0) is 4.84 Å². The number of pyridine rings is 1. The van der Waals surface area contributed by atoms with Gasteiger partial charge in [0, 0.05) is 5.69 Å². The second-order valence-corrected chi connectivity index (χ2v) is 6.06. The second-order valence-electron chi connectivity index (χ2n) is 4.98. The number of benzene rings is 1. The molecular weight excluding hydrogens is 395 g/mol. The summed E-state index contributed by atoms with van der Waals surface area (Å²) in [5.41, 5.74) is 3.36. The summed E-state index contributed by atoms with van der Waals surface area (Å²) in [4.78, 5) is 19.5. The van der Waals surface area contributed by atoms with Crippen LogP contribution in [0.2, 0.25) is 0 Å². The van der Waals surface area contributed by atoms with Crippen LogP contribution < -0.4 is 10.3 Å². The van der Waals surface area contributed by atoms with Crippen LogP contribution in [0.3, 0.4) is 0 Å². The molecule has 5 nitrogen and oxygen atoms in total. The summed E-state index contributed by atoms with van der Waals surface area (Å²) in [6.45, 7) is 5.80. The van der Waals surface area contributed by atoms with Crippen molar-refractivity contribution in [3.05, 3.63) is 54.5 Å². The van der Waals surface area contributed by atoms with Gasteiger partial charge in [0.15, 0.2) is 5.75 Å². The number of rotatable bonds is 4. The summed E-state index contributed by atoms with van der Waals surface area (Å²) < 4.78 is 6.46. The van der Waals surface area contributed by atoms with Gasteiger partial charge in [-0.15, -0.1) is 0 Å². The highest BCUT2D eigenvalue weighted by Crippen LogP contribution is 2.30. The Morgan fingerprint density at radius 1 is 1.18 bits per heavy atom. The van der Waals surface area contributed by atoms with Crippen LogP contribution in [0.1, 0.15) is 22.4 Å². The third-order valence-corrected chi connectivity index (χ3v) is 4.03. The predicted molar refractivity (Wildman–Crippen MR) is 95.1 cm³/mol. The molecule has 0 saturated heterocycles. The molecule has 0 radical (unpaired) electrons. The van der Waals surface area contributed by atoms with Gasteiger partial charge in [-0.05, 0) is 66.6 Å². The van der Waals surface area contributed by atoms with Gasteiger partial charge in [-0.3, -0.25) is 4.79 Å². The molecule has 0 atom stereocenters. The molecule has 0 unspecified atom stereocenters. The number of nitrogens with zero attached hydrogens (tertiary/aromatic N) is 1. The molecule has 0 fully saturated rings. The smallest absolute Gasteiger partial charge is 0.265 e. The predicted octanol–water partition coefficient (Wildman–Crippen LogP) is 3.68. The van der Waals surface area contributed by atoms with Crippen LogP contribution in [0.15, 0.2) is 28.1 Å². The highest BCUT2D eigenvalue weighted by Gasteiger charge is 2.15. The van der Waals surface area contributed by atoms with Crippen molar-refractivity contribution in [2.75, 3.05) is 7.11 Å². The molecule has 2 rings (SSSR count). The second kappa shape index (κ2) is 6.95. The van der Waals surface area contributed by atoms with Gasteiger partial charge in [0.05, 0.1) is 11.8 Å². The Kier molecular flexibility index (Phi) is 5.23. The fourth-order valence-electron chi connectivity index (χ4n) is 2.15. The number of aromatic nitrogens is 1. The minimum absolute atomic E-state index is 0.188. The highest BCUT2D eigenvalue weighted by atomic mass is 127. The maximum Gasteiger partial charge on any atom is 0.265 e. The lowest BCUT2D eigenvalue weighted by atomic mass is 10.1. The Morgan fingerprint density at radius 2 is 1.82 bits per heavy atom. The summed E-state index contributed by atoms with van der Waals surface area (Å²) in [5, 5.41) is 3.78. The quantitative estimate of drug-likeness (QED) is 0.474. The standard InChI is InChI=1S/C16H17IN2O3/c1-9-5-10(2)7-12(6-9)22-15-13(8-18-21-4)11(3)19-16(20)14(15)17/h5-8H,1-4H3,(H,19,20)/b18-8+. The minimum atomic E-state index is -0.188. The number of hydrogen-bond donors (Lipinski definition) is 1. The minimum Gasteiger partial charge on any atom is -0.455 e. The first-order valence-corrected chi connectivity index (χ1v) is 7.75. The van der Waals surface area contributed by atoms with E-state index in [1.165, 1.54) is 13.3 Å². The largest absolute Gasteiger partial charge is 0.455 e. The Hall–Kier alpha value is -1.83. The first-order valence-electron chi connectivity index (χ1n) is 6.67. The first kappa shape index (κ1) is 16.5. The molecule has 1 aromatic heterocycles. The van der Waals surface area contributed by atoms with E-state index in [0.717, 1.165) is 11.1 Å². The molecule has 1 N–H and O–H groups in total. The molecule has 1 aromatic carbocycles. The lowest BCUT2D eigenvalue weighted by Gasteiger charge is -2.13. The van der Waals surface area contributed by atoms with Crippen LogP contribution in [0, 0.1) is 24.3 Å². The van der Waals surface area contributed by atoms with Gasteiger partial charge in [0.2, 0.25) is 0 Å². The van der Waals surface area contributed by atoms with Crippen molar-refractivity contribution in [1.82, 2.24) is 4.98 Å². The van der Waals surface area contributed by atoms with E-state index in [2.05, 4.69) is 16.2 Å². The molecule has 0 bridgehead atoms. The maximum absolute atomic E-state index is 12.0. The number of halogens is 1. The van der Waals surface area contributed by atoms with Crippen molar-refractivity contribution >= 4 is 28.8 Å². The molecule has 0 saturated carbocycles. The van der Waals surface area contributed by atoms with Crippen LogP contribution in [0.4, 0.5) is 0 Å². The van der Waals surface area contributed by atoms with Crippen LogP contribution >= 0.6 is 22.6 Å². The molecule has 0 amide bonds. The average Bonchev–Trinajstić information content (AvgIpc) is 2.43. The van der Waals surface area contributed by atoms with E-state index in [1.807, 2.05) is 48.6 Å². The number of aromatic amines is 1. The summed E-state index contributed by atoms with van der Waals surface area (Å²) in [6.07, 6.45) is 1.53. The van der Waals surface area contributed by atoms with Gasteiger partial charge in [-0.1, -0.05) is 11.2 Å². The van der Waals surface area contributed by atoms with Crippen molar-refractivity contribution in [2.45, 2.75) is 20.8 Å². The van der Waals surface area contributed by atoms with Crippen molar-refractivity contribution in [1.29, 1.82) is 0 Å². The number of hydrogen-bond acceptors (Lipinski definition) is 4. The number of ether oxygens (including phenoxy) is 1. The molecule has 0 aliphatic carbocycles. The zero-order valence-corrected chi connectivity index (χ0v) is 15.0. The van der Waals surface area contributed by atoms with E-state index in [9.17, 15) is 4.79 Å². The van der Waals surface area contributed by atoms with Crippen molar-refractivity contribution in [2.24, 2.45) is 5.16 Å². The highest BCUT2D eigenvalue weighted by molar-refractivity contribution is 14.1. The van der Waals surface area contributed by atoms with E-state index < -0.39 is 0 Å². The number of oxime groups is 1. The molecule has 0 spiro atoms. The van der Waals surface area contributed by atoms with Gasteiger partial charge < -0.3 is 14.6 Å². The molecule has 1 heterocycles. The SMILES string of the molecule is CO/N=C/c1c(C)[nH]c(=O)c(I)c1Oc1cc(C)cc(C)c1. The van der Waals surface area contributed by atoms with Gasteiger partial charge >= 0.3 is 0 Å². The molecule has 0 aliphatic rings. The molecule has 0 aliphatic heterocycles. The zero-order chi connectivity index (χ0) is 16.3. The average molecular weight is 412 g/mol. The summed E-state index contributed by atoms with van der Waals surface area (Å²) in [6, 6.07) is 5.92. The van der Waals surface area contributed by atoms with E-state index in [0.29, 0.717) is 26.3 Å². The monoisotopic (exact) mass is 412 g/mol. The first-order chi connectivity index (χ1) is 10.4. The third kappa shape index (κ3) is 3.68. The van der Waals surface area contributed by atoms with Gasteiger partial charge in [0.1, 0.15) is 16.4 Å². The van der Waals surface area contributed by atoms with Gasteiger partial charge in [-0.2, -0.15) is 0 Å². The Balaban J connectivity index is 2.57. The van der Waals surface area contributed by atoms with Crippen molar-refractivity contribution in [3.8, 4) is 11.5 Å². The molecule has 2 aromatic rings. The van der Waals surface area contributed by atoms with Crippen molar-refractivity contribution in [3.63, 3.8) is 0 Å². The molecule has 22 heavy (non-hydrogen) atoms. The lowest BCUT2D eigenvalue weighted by molar-refractivity contribution is 0.215. The normalized spacial score (nSPS) is 11.0. The summed E-state index contributed by atoms with van der Waals surface area (Å²) in [5.74, 6) is 1.17. The fourth-order valence-corrected chi connectivity index (χ4v) is 2.69. The van der Waals surface area contributed by atoms with Crippen LogP contribution in [0.5, 0.6) is 11.5 Å². The lowest BCUT2D eigenvalue weighted by Crippen LogP contribution is -2.15. The number of nitrogens with one attached hydrogen (secondary N) is 1. The Morgan fingerprint density at radius 3 is 2.41 bits per heavy atom. The Labute approximate surface area is 142 Å². The maximum atomic E-state index is 12.0. The Bertz CT molecular complexity index is 761.